The van der Waals surface area contributed by atoms with Gasteiger partial charge in [0, 0.05) is 12.6 Å². The Morgan fingerprint density at radius 2 is 2.24 bits per heavy atom. The Balaban J connectivity index is 2.54. The van der Waals surface area contributed by atoms with Crippen molar-refractivity contribution in [3.05, 3.63) is 29.8 Å². The lowest BCUT2D eigenvalue weighted by Gasteiger charge is -2.08. The molecular weight excluding hydrogens is 228 g/mol. The molecule has 2 N–H and O–H groups in total. The number of rotatable bonds is 3. The second kappa shape index (κ2) is 5.80. The first-order valence-electron chi connectivity index (χ1n) is 4.92. The van der Waals surface area contributed by atoms with Gasteiger partial charge in [-0.1, -0.05) is 0 Å². The van der Waals surface area contributed by atoms with Crippen LogP contribution in [0.3, 0.4) is 0 Å². The molecule has 0 unspecified atom stereocenters. The highest BCUT2D eigenvalue weighted by atomic mass is 19.1. The van der Waals surface area contributed by atoms with Crippen LogP contribution in [0.5, 0.6) is 0 Å². The van der Waals surface area contributed by atoms with Gasteiger partial charge >= 0.3 is 6.03 Å². The van der Waals surface area contributed by atoms with Crippen LogP contribution in [0.15, 0.2) is 18.2 Å². The highest BCUT2D eigenvalue weighted by Gasteiger charge is 2.08. The number of urea groups is 1. The lowest BCUT2D eigenvalue weighted by Crippen LogP contribution is -2.32. The van der Waals surface area contributed by atoms with Crippen LogP contribution < -0.4 is 10.6 Å². The van der Waals surface area contributed by atoms with Crippen molar-refractivity contribution in [2.24, 2.45) is 5.92 Å². The lowest BCUT2D eigenvalue weighted by molar-refractivity contribution is 0.251. The van der Waals surface area contributed by atoms with Gasteiger partial charge < -0.3 is 10.6 Å². The number of nitrogens with one attached hydrogen (secondary N) is 2. The summed E-state index contributed by atoms with van der Waals surface area (Å²) in [7, 11) is 0. The van der Waals surface area contributed by atoms with Gasteiger partial charge in [-0.25, -0.2) is 13.6 Å². The largest absolute Gasteiger partial charge is 0.337 e. The summed E-state index contributed by atoms with van der Waals surface area (Å²) in [6.45, 7) is 1.80. The van der Waals surface area contributed by atoms with E-state index in [4.69, 9.17) is 5.26 Å². The maximum atomic E-state index is 13.1. The molecule has 2 amide bonds. The Morgan fingerprint density at radius 3 is 2.82 bits per heavy atom. The molecule has 0 saturated heterocycles. The summed E-state index contributed by atoms with van der Waals surface area (Å²) in [6, 6.07) is 4.13. The Kier molecular flexibility index (Phi) is 4.40. The average Bonchev–Trinajstić information content (AvgIpc) is 2.29. The van der Waals surface area contributed by atoms with Gasteiger partial charge in [-0.05, 0) is 19.1 Å². The van der Waals surface area contributed by atoms with Crippen molar-refractivity contribution in [3.8, 4) is 6.07 Å². The minimum Gasteiger partial charge on any atom is -0.337 e. The molecule has 0 aliphatic rings. The Bertz CT molecular complexity index is 457. The van der Waals surface area contributed by atoms with Gasteiger partial charge in [0.25, 0.3) is 0 Å². The molecule has 6 heteroatoms. The van der Waals surface area contributed by atoms with E-state index < -0.39 is 17.7 Å². The molecule has 1 aromatic rings. The third-order valence-electron chi connectivity index (χ3n) is 1.97. The van der Waals surface area contributed by atoms with Crippen molar-refractivity contribution < 1.29 is 13.6 Å². The monoisotopic (exact) mass is 239 g/mol. The minimum atomic E-state index is -0.853. The van der Waals surface area contributed by atoms with Gasteiger partial charge in [0.2, 0.25) is 0 Å². The van der Waals surface area contributed by atoms with E-state index in [0.717, 1.165) is 12.1 Å². The number of benzene rings is 1. The Morgan fingerprint density at radius 1 is 1.53 bits per heavy atom. The molecule has 1 atom stereocenters. The summed E-state index contributed by atoms with van der Waals surface area (Å²) in [4.78, 5) is 11.3. The average molecular weight is 239 g/mol. The molecule has 0 aromatic heterocycles. The zero-order chi connectivity index (χ0) is 12.8. The quantitative estimate of drug-likeness (QED) is 0.849. The number of carbonyl (C=O) groups is 1. The smallest absolute Gasteiger partial charge is 0.319 e. The highest BCUT2D eigenvalue weighted by molar-refractivity contribution is 5.89. The third-order valence-corrected chi connectivity index (χ3v) is 1.97. The van der Waals surface area contributed by atoms with Gasteiger partial charge in [0.1, 0.15) is 11.6 Å². The first-order valence-corrected chi connectivity index (χ1v) is 4.92. The van der Waals surface area contributed by atoms with Crippen LogP contribution >= 0.6 is 0 Å². The van der Waals surface area contributed by atoms with Crippen LogP contribution in [0, 0.1) is 28.9 Å². The Hall–Kier alpha value is -2.16. The SMILES string of the molecule is C[C@@H](C#N)CNC(=O)Nc1ccc(F)cc1F. The second-order valence-electron chi connectivity index (χ2n) is 3.49. The molecule has 0 aliphatic heterocycles. The molecule has 0 fully saturated rings. The number of hydrogen-bond acceptors (Lipinski definition) is 2. The number of nitriles is 1. The van der Waals surface area contributed by atoms with Crippen LogP contribution in [0.2, 0.25) is 0 Å². The highest BCUT2D eigenvalue weighted by Crippen LogP contribution is 2.14. The zero-order valence-electron chi connectivity index (χ0n) is 9.13. The molecule has 1 aromatic carbocycles. The number of anilines is 1. The second-order valence-corrected chi connectivity index (χ2v) is 3.49. The molecule has 0 heterocycles. The molecule has 0 radical (unpaired) electrons. The molecule has 0 aliphatic carbocycles. The standard InChI is InChI=1S/C11H11F2N3O/c1-7(5-14)6-15-11(17)16-10-3-2-8(12)4-9(10)13/h2-4,7H,6H2,1H3,(H2,15,16,17)/t7-/m0/s1. The van der Waals surface area contributed by atoms with Crippen molar-refractivity contribution in [1.82, 2.24) is 5.32 Å². The number of hydrogen-bond donors (Lipinski definition) is 2. The fourth-order valence-electron chi connectivity index (χ4n) is 1.05. The molecule has 90 valence electrons. The Labute approximate surface area is 97.2 Å². The zero-order valence-corrected chi connectivity index (χ0v) is 9.13. The van der Waals surface area contributed by atoms with Gasteiger partial charge in [-0.2, -0.15) is 5.26 Å². The third kappa shape index (κ3) is 4.07. The van der Waals surface area contributed by atoms with Crippen LogP contribution in [-0.2, 0) is 0 Å². The summed E-state index contributed by atoms with van der Waals surface area (Å²) in [5, 5.41) is 13.1. The fourth-order valence-corrected chi connectivity index (χ4v) is 1.05. The van der Waals surface area contributed by atoms with Crippen molar-refractivity contribution in [1.29, 1.82) is 5.26 Å². The van der Waals surface area contributed by atoms with Crippen LogP contribution in [0.25, 0.3) is 0 Å². The summed E-state index contributed by atoms with van der Waals surface area (Å²) in [6.07, 6.45) is 0. The maximum Gasteiger partial charge on any atom is 0.319 e. The van der Waals surface area contributed by atoms with Crippen LogP contribution in [0.4, 0.5) is 19.3 Å². The van der Waals surface area contributed by atoms with E-state index >= 15 is 0 Å². The molecule has 17 heavy (non-hydrogen) atoms. The number of nitrogens with zero attached hydrogens (tertiary/aromatic N) is 1. The van der Waals surface area contributed by atoms with Crippen LogP contribution in [0.1, 0.15) is 6.92 Å². The first-order chi connectivity index (χ1) is 8.02. The van der Waals surface area contributed by atoms with E-state index in [0.29, 0.717) is 6.07 Å². The predicted molar refractivity (Wildman–Crippen MR) is 58.2 cm³/mol. The fraction of sp³-hybridized carbons (Fsp3) is 0.273. The van der Waals surface area contributed by atoms with Gasteiger partial charge in [0.05, 0.1) is 17.7 Å². The molecular formula is C11H11F2N3O. The number of carbonyl (C=O) groups excluding carboxylic acids is 1. The van der Waals surface area contributed by atoms with E-state index in [-0.39, 0.29) is 18.2 Å². The topological polar surface area (TPSA) is 64.9 Å². The summed E-state index contributed by atoms with van der Waals surface area (Å²) < 4.78 is 25.7. The summed E-state index contributed by atoms with van der Waals surface area (Å²) in [5.41, 5.74) is -0.117. The normalized spacial score (nSPS) is 11.4. The maximum absolute atomic E-state index is 13.1. The van der Waals surface area contributed by atoms with Crippen molar-refractivity contribution in [2.45, 2.75) is 6.92 Å². The van der Waals surface area contributed by atoms with Gasteiger partial charge in [-0.3, -0.25) is 0 Å². The van der Waals surface area contributed by atoms with E-state index in [2.05, 4.69) is 10.6 Å². The van der Waals surface area contributed by atoms with Crippen molar-refractivity contribution in [3.63, 3.8) is 0 Å². The number of halogens is 2. The van der Waals surface area contributed by atoms with E-state index in [1.54, 1.807) is 6.92 Å². The van der Waals surface area contributed by atoms with Crippen LogP contribution in [-0.4, -0.2) is 12.6 Å². The lowest BCUT2D eigenvalue weighted by atomic mass is 10.2. The first kappa shape index (κ1) is 12.9. The minimum absolute atomic E-state index is 0.117. The van der Waals surface area contributed by atoms with E-state index in [9.17, 15) is 13.6 Å². The predicted octanol–water partition coefficient (Wildman–Crippen LogP) is 2.25. The van der Waals surface area contributed by atoms with Gasteiger partial charge in [-0.15, -0.1) is 0 Å². The van der Waals surface area contributed by atoms with Crippen molar-refractivity contribution >= 4 is 11.7 Å². The number of amides is 2. The van der Waals surface area contributed by atoms with Crippen molar-refractivity contribution in [2.75, 3.05) is 11.9 Å². The van der Waals surface area contributed by atoms with E-state index in [1.807, 2.05) is 6.07 Å². The molecule has 1 rings (SSSR count). The molecule has 0 spiro atoms. The molecule has 0 saturated carbocycles. The van der Waals surface area contributed by atoms with E-state index in [1.165, 1.54) is 0 Å². The molecule has 4 nitrogen and oxygen atoms in total. The summed E-state index contributed by atoms with van der Waals surface area (Å²) >= 11 is 0. The molecule has 0 bridgehead atoms. The van der Waals surface area contributed by atoms with Gasteiger partial charge in [0.15, 0.2) is 0 Å². The summed E-state index contributed by atoms with van der Waals surface area (Å²) in [5.74, 6) is -1.90.